The molecule has 1 heterocycles. The Labute approximate surface area is 66.3 Å². The predicted molar refractivity (Wildman–Crippen MR) is 42.0 cm³/mol. The molecule has 58 valence electrons. The van der Waals surface area contributed by atoms with Gasteiger partial charge in [0.1, 0.15) is 11.9 Å². The van der Waals surface area contributed by atoms with Crippen molar-refractivity contribution in [2.24, 2.45) is 7.05 Å². The van der Waals surface area contributed by atoms with Crippen molar-refractivity contribution >= 4 is 0 Å². The molecule has 1 aromatic heterocycles. The fraction of sp³-hybridized carbons (Fsp3) is 0.500. The molecule has 1 rings (SSSR count). The van der Waals surface area contributed by atoms with Gasteiger partial charge in [0.2, 0.25) is 0 Å². The highest BCUT2D eigenvalue weighted by atomic mass is 15.1. The van der Waals surface area contributed by atoms with Crippen molar-refractivity contribution in [3.63, 3.8) is 0 Å². The Morgan fingerprint density at radius 2 is 2.27 bits per heavy atom. The van der Waals surface area contributed by atoms with E-state index in [0.717, 1.165) is 17.9 Å². The Balaban J connectivity index is 3.29. The van der Waals surface area contributed by atoms with Crippen LogP contribution in [0.15, 0.2) is 0 Å². The zero-order chi connectivity index (χ0) is 8.43. The van der Waals surface area contributed by atoms with Crippen LogP contribution in [0.1, 0.15) is 24.1 Å². The van der Waals surface area contributed by atoms with Gasteiger partial charge in [0, 0.05) is 7.05 Å². The molecule has 0 aliphatic carbocycles. The van der Waals surface area contributed by atoms with Crippen LogP contribution in [0.2, 0.25) is 0 Å². The summed E-state index contributed by atoms with van der Waals surface area (Å²) in [6, 6.07) is 2.08. The normalized spacial score (nSPS) is 9.64. The average Bonchev–Trinajstić information content (AvgIpc) is 2.28. The first-order valence-electron chi connectivity index (χ1n) is 3.63. The summed E-state index contributed by atoms with van der Waals surface area (Å²) in [7, 11) is 1.93. The van der Waals surface area contributed by atoms with Gasteiger partial charge in [0.15, 0.2) is 5.69 Å². The minimum absolute atomic E-state index is 0.563. The second-order valence-electron chi connectivity index (χ2n) is 2.48. The summed E-state index contributed by atoms with van der Waals surface area (Å²) in [6.45, 7) is 3.93. The van der Waals surface area contributed by atoms with Crippen molar-refractivity contribution in [1.29, 1.82) is 5.26 Å². The van der Waals surface area contributed by atoms with E-state index in [1.54, 1.807) is 0 Å². The van der Waals surface area contributed by atoms with Crippen molar-refractivity contribution < 1.29 is 0 Å². The maximum absolute atomic E-state index is 8.66. The van der Waals surface area contributed by atoms with E-state index in [2.05, 4.69) is 11.1 Å². The van der Waals surface area contributed by atoms with Crippen molar-refractivity contribution in [2.45, 2.75) is 20.3 Å². The van der Waals surface area contributed by atoms with Gasteiger partial charge >= 0.3 is 0 Å². The molecule has 0 atom stereocenters. The van der Waals surface area contributed by atoms with Crippen LogP contribution in [0.25, 0.3) is 0 Å². The predicted octanol–water partition coefficient (Wildman–Crippen LogP) is 1.16. The van der Waals surface area contributed by atoms with Gasteiger partial charge < -0.3 is 4.57 Å². The first-order valence-corrected chi connectivity index (χ1v) is 3.63. The van der Waals surface area contributed by atoms with Gasteiger partial charge in [0.05, 0.1) is 5.69 Å². The van der Waals surface area contributed by atoms with E-state index in [0.29, 0.717) is 5.69 Å². The van der Waals surface area contributed by atoms with Crippen molar-refractivity contribution in [2.75, 3.05) is 0 Å². The summed E-state index contributed by atoms with van der Waals surface area (Å²) in [5.41, 5.74) is 1.58. The number of rotatable bonds is 1. The zero-order valence-electron chi connectivity index (χ0n) is 7.05. The molecular formula is C8H11N3. The molecule has 0 aromatic carbocycles. The lowest BCUT2D eigenvalue weighted by Crippen LogP contribution is -1.97. The fourth-order valence-electron chi connectivity index (χ4n) is 1.15. The highest BCUT2D eigenvalue weighted by Crippen LogP contribution is 2.08. The highest BCUT2D eigenvalue weighted by Gasteiger charge is 2.08. The monoisotopic (exact) mass is 149 g/mol. The van der Waals surface area contributed by atoms with Gasteiger partial charge in [-0.1, -0.05) is 6.92 Å². The van der Waals surface area contributed by atoms with E-state index in [1.165, 1.54) is 0 Å². The van der Waals surface area contributed by atoms with Crippen LogP contribution in [-0.4, -0.2) is 9.55 Å². The number of hydrogen-bond acceptors (Lipinski definition) is 2. The van der Waals surface area contributed by atoms with E-state index >= 15 is 0 Å². The first kappa shape index (κ1) is 7.80. The highest BCUT2D eigenvalue weighted by molar-refractivity contribution is 5.28. The molecule has 0 fully saturated rings. The Kier molecular flexibility index (Phi) is 1.95. The molecule has 3 nitrogen and oxygen atoms in total. The molecule has 3 heteroatoms. The smallest absolute Gasteiger partial charge is 0.161 e. The maximum atomic E-state index is 8.66. The van der Waals surface area contributed by atoms with Crippen molar-refractivity contribution in [3.8, 4) is 6.07 Å². The molecule has 0 saturated heterocycles. The molecular weight excluding hydrogens is 138 g/mol. The topological polar surface area (TPSA) is 41.6 Å². The lowest BCUT2D eigenvalue weighted by atomic mass is 10.3. The van der Waals surface area contributed by atoms with Gasteiger partial charge in [-0.25, -0.2) is 4.98 Å². The number of nitriles is 1. The van der Waals surface area contributed by atoms with Crippen molar-refractivity contribution in [3.05, 3.63) is 17.2 Å². The van der Waals surface area contributed by atoms with Crippen LogP contribution in [0, 0.1) is 18.3 Å². The Hall–Kier alpha value is -1.30. The average molecular weight is 149 g/mol. The van der Waals surface area contributed by atoms with Crippen LogP contribution in [0.5, 0.6) is 0 Å². The number of nitrogens with zero attached hydrogens (tertiary/aromatic N) is 3. The SMILES string of the molecule is CCc1c(C#N)nc(C)n1C. The maximum Gasteiger partial charge on any atom is 0.161 e. The second kappa shape index (κ2) is 2.75. The van der Waals surface area contributed by atoms with Crippen molar-refractivity contribution in [1.82, 2.24) is 9.55 Å². The summed E-state index contributed by atoms with van der Waals surface area (Å²) in [5.74, 6) is 0.901. The Morgan fingerprint density at radius 1 is 1.64 bits per heavy atom. The molecule has 0 radical (unpaired) electrons. The molecule has 0 aliphatic rings. The molecule has 11 heavy (non-hydrogen) atoms. The van der Waals surface area contributed by atoms with Crippen LogP contribution >= 0.6 is 0 Å². The van der Waals surface area contributed by atoms with Gasteiger partial charge in [-0.05, 0) is 13.3 Å². The zero-order valence-corrected chi connectivity index (χ0v) is 7.05. The minimum atomic E-state index is 0.563. The largest absolute Gasteiger partial charge is 0.334 e. The van der Waals surface area contributed by atoms with Gasteiger partial charge in [0.25, 0.3) is 0 Å². The number of hydrogen-bond donors (Lipinski definition) is 0. The summed E-state index contributed by atoms with van der Waals surface area (Å²) >= 11 is 0. The summed E-state index contributed by atoms with van der Waals surface area (Å²) in [5, 5.41) is 8.66. The Bertz CT molecular complexity index is 304. The molecule has 0 spiro atoms. The fourth-order valence-corrected chi connectivity index (χ4v) is 1.15. The van der Waals surface area contributed by atoms with Gasteiger partial charge in [-0.15, -0.1) is 0 Å². The standard InChI is InChI=1S/C8H11N3/c1-4-8-7(5-9)10-6(2)11(8)3/h4H2,1-3H3. The molecule has 0 unspecified atom stereocenters. The van der Waals surface area contributed by atoms with E-state index < -0.39 is 0 Å². The van der Waals surface area contributed by atoms with E-state index in [4.69, 9.17) is 5.26 Å². The molecule has 0 aliphatic heterocycles. The third-order valence-electron chi connectivity index (χ3n) is 1.88. The molecule has 0 amide bonds. The number of aryl methyl sites for hydroxylation is 1. The Morgan fingerprint density at radius 3 is 2.64 bits per heavy atom. The molecule has 0 saturated carbocycles. The second-order valence-corrected chi connectivity index (χ2v) is 2.48. The van der Waals surface area contributed by atoms with E-state index in [1.807, 2.05) is 25.5 Å². The first-order chi connectivity index (χ1) is 5.20. The lowest BCUT2D eigenvalue weighted by Gasteiger charge is -1.98. The quantitative estimate of drug-likeness (QED) is 0.601. The summed E-state index contributed by atoms with van der Waals surface area (Å²) < 4.78 is 1.96. The number of imidazole rings is 1. The number of aromatic nitrogens is 2. The minimum Gasteiger partial charge on any atom is -0.334 e. The van der Waals surface area contributed by atoms with E-state index in [9.17, 15) is 0 Å². The van der Waals surface area contributed by atoms with E-state index in [-0.39, 0.29) is 0 Å². The lowest BCUT2D eigenvalue weighted by molar-refractivity contribution is 0.797. The van der Waals surface area contributed by atoms with Crippen LogP contribution in [0.3, 0.4) is 0 Å². The van der Waals surface area contributed by atoms with Gasteiger partial charge in [-0.2, -0.15) is 5.26 Å². The van der Waals surface area contributed by atoms with Crippen LogP contribution in [-0.2, 0) is 13.5 Å². The third-order valence-corrected chi connectivity index (χ3v) is 1.88. The third kappa shape index (κ3) is 1.12. The molecule has 0 N–H and O–H groups in total. The molecule has 1 aromatic rings. The van der Waals surface area contributed by atoms with Gasteiger partial charge in [-0.3, -0.25) is 0 Å². The van der Waals surface area contributed by atoms with Crippen LogP contribution < -0.4 is 0 Å². The summed E-state index contributed by atoms with van der Waals surface area (Å²) in [6.07, 6.45) is 0.861. The van der Waals surface area contributed by atoms with Crippen LogP contribution in [0.4, 0.5) is 0 Å². The molecule has 0 bridgehead atoms. The summed E-state index contributed by atoms with van der Waals surface area (Å²) in [4.78, 5) is 4.10.